The van der Waals surface area contributed by atoms with Crippen LogP contribution in [-0.2, 0) is 0 Å². The summed E-state index contributed by atoms with van der Waals surface area (Å²) in [6.07, 6.45) is 5.95. The fraction of sp³-hybridized carbons (Fsp3) is 0.300. The molecule has 0 saturated heterocycles. The van der Waals surface area contributed by atoms with Crippen LogP contribution in [0, 0.1) is 22.5 Å². The third-order valence-electron chi connectivity index (χ3n) is 1.92. The molecule has 0 bridgehead atoms. The molecule has 1 unspecified atom stereocenters. The first-order valence-corrected chi connectivity index (χ1v) is 4.99. The summed E-state index contributed by atoms with van der Waals surface area (Å²) in [6, 6.07) is 2.26. The van der Waals surface area contributed by atoms with Gasteiger partial charge in [0.25, 0.3) is 5.69 Å². The average Bonchev–Trinajstić information content (AvgIpc) is 2.25. The number of nitrogens with zero attached hydrogens (tertiary/aromatic N) is 2. The maximum absolute atomic E-state index is 10.6. The molecule has 84 valence electrons. The van der Waals surface area contributed by atoms with Gasteiger partial charge in [0.1, 0.15) is 11.0 Å². The van der Waals surface area contributed by atoms with E-state index in [1.807, 2.05) is 6.92 Å². The van der Waals surface area contributed by atoms with E-state index < -0.39 is 4.92 Å². The molecule has 0 amide bonds. The van der Waals surface area contributed by atoms with E-state index in [4.69, 9.17) is 18.0 Å². The van der Waals surface area contributed by atoms with Gasteiger partial charge in [-0.3, -0.25) is 10.1 Å². The highest BCUT2D eigenvalue weighted by molar-refractivity contribution is 6.29. The van der Waals surface area contributed by atoms with E-state index in [1.54, 1.807) is 0 Å². The van der Waals surface area contributed by atoms with Crippen molar-refractivity contribution >= 4 is 23.1 Å². The Kier molecular flexibility index (Phi) is 4.09. The van der Waals surface area contributed by atoms with Crippen molar-refractivity contribution < 1.29 is 4.92 Å². The third kappa shape index (κ3) is 3.11. The van der Waals surface area contributed by atoms with Crippen LogP contribution in [0.25, 0.3) is 0 Å². The zero-order valence-corrected chi connectivity index (χ0v) is 9.36. The maximum Gasteiger partial charge on any atom is 0.276 e. The standard InChI is InChI=1S/C10H10ClN3O2/c1-3-7(4-2)12-10-6-8(14(15)16)5-9(11)13-10/h1,5-7H,4H2,2H3,(H,12,13). The van der Waals surface area contributed by atoms with Gasteiger partial charge in [-0.05, 0) is 6.42 Å². The molecule has 1 aromatic heterocycles. The van der Waals surface area contributed by atoms with Crippen LogP contribution in [0.4, 0.5) is 11.5 Å². The lowest BCUT2D eigenvalue weighted by Gasteiger charge is -2.10. The number of terminal acetylenes is 1. The molecule has 0 aromatic carbocycles. The Balaban J connectivity index is 2.97. The molecule has 0 radical (unpaired) electrons. The topological polar surface area (TPSA) is 68.1 Å². The summed E-state index contributed by atoms with van der Waals surface area (Å²) in [5, 5.41) is 13.5. The number of aromatic nitrogens is 1. The Bertz CT molecular complexity index is 442. The van der Waals surface area contributed by atoms with E-state index >= 15 is 0 Å². The summed E-state index contributed by atoms with van der Waals surface area (Å²) in [5.74, 6) is 2.81. The fourth-order valence-corrected chi connectivity index (χ4v) is 1.31. The predicted molar refractivity (Wildman–Crippen MR) is 62.4 cm³/mol. The number of pyridine rings is 1. The van der Waals surface area contributed by atoms with E-state index in [9.17, 15) is 10.1 Å². The van der Waals surface area contributed by atoms with Crippen molar-refractivity contribution in [1.82, 2.24) is 4.98 Å². The molecule has 1 aromatic rings. The van der Waals surface area contributed by atoms with E-state index in [-0.39, 0.29) is 16.9 Å². The van der Waals surface area contributed by atoms with Gasteiger partial charge in [-0.15, -0.1) is 6.42 Å². The molecule has 0 aliphatic rings. The smallest absolute Gasteiger partial charge is 0.276 e. The summed E-state index contributed by atoms with van der Waals surface area (Å²) in [4.78, 5) is 14.0. The van der Waals surface area contributed by atoms with Gasteiger partial charge >= 0.3 is 0 Å². The molecule has 1 heterocycles. The minimum Gasteiger partial charge on any atom is -0.356 e. The Morgan fingerprint density at radius 2 is 2.44 bits per heavy atom. The normalized spacial score (nSPS) is 11.6. The first-order chi connectivity index (χ1) is 7.56. The van der Waals surface area contributed by atoms with Crippen LogP contribution < -0.4 is 5.32 Å². The first-order valence-electron chi connectivity index (χ1n) is 4.61. The van der Waals surface area contributed by atoms with Crippen LogP contribution in [0.15, 0.2) is 12.1 Å². The fourth-order valence-electron chi connectivity index (χ4n) is 1.10. The molecule has 1 atom stereocenters. The number of halogens is 1. The monoisotopic (exact) mass is 239 g/mol. The van der Waals surface area contributed by atoms with Gasteiger partial charge in [-0.25, -0.2) is 4.98 Å². The Morgan fingerprint density at radius 1 is 1.75 bits per heavy atom. The molecule has 0 spiro atoms. The van der Waals surface area contributed by atoms with E-state index in [0.717, 1.165) is 0 Å². The number of hydrogen-bond acceptors (Lipinski definition) is 4. The minimum absolute atomic E-state index is 0.0589. The molecule has 0 saturated carbocycles. The number of nitrogens with one attached hydrogen (secondary N) is 1. The molecule has 0 fully saturated rings. The van der Waals surface area contributed by atoms with Crippen molar-refractivity contribution in [2.45, 2.75) is 19.4 Å². The van der Waals surface area contributed by atoms with Crippen LogP contribution in [0.3, 0.4) is 0 Å². The number of rotatable bonds is 4. The minimum atomic E-state index is -0.532. The van der Waals surface area contributed by atoms with Crippen LogP contribution in [0.2, 0.25) is 5.15 Å². The molecule has 16 heavy (non-hydrogen) atoms. The average molecular weight is 240 g/mol. The zero-order chi connectivity index (χ0) is 12.1. The van der Waals surface area contributed by atoms with Gasteiger partial charge in [0.2, 0.25) is 0 Å². The summed E-state index contributed by atoms with van der Waals surface area (Å²) in [6.45, 7) is 1.90. The van der Waals surface area contributed by atoms with Gasteiger partial charge in [0.15, 0.2) is 0 Å². The largest absolute Gasteiger partial charge is 0.356 e. The highest BCUT2D eigenvalue weighted by Crippen LogP contribution is 2.21. The van der Waals surface area contributed by atoms with Gasteiger partial charge in [-0.1, -0.05) is 24.4 Å². The van der Waals surface area contributed by atoms with Gasteiger partial charge in [0.05, 0.1) is 23.1 Å². The predicted octanol–water partition coefficient (Wildman–Crippen LogP) is 2.47. The highest BCUT2D eigenvalue weighted by atomic mass is 35.5. The first kappa shape index (κ1) is 12.3. The number of hydrogen-bond donors (Lipinski definition) is 1. The second-order valence-corrected chi connectivity index (χ2v) is 3.45. The third-order valence-corrected chi connectivity index (χ3v) is 2.11. The van der Waals surface area contributed by atoms with Gasteiger partial charge in [-0.2, -0.15) is 0 Å². The molecule has 0 aliphatic heterocycles. The van der Waals surface area contributed by atoms with Gasteiger partial charge < -0.3 is 5.32 Å². The van der Waals surface area contributed by atoms with E-state index in [0.29, 0.717) is 12.2 Å². The maximum atomic E-state index is 10.6. The zero-order valence-electron chi connectivity index (χ0n) is 8.61. The molecular weight excluding hydrogens is 230 g/mol. The molecule has 0 aliphatic carbocycles. The summed E-state index contributed by atoms with van der Waals surface area (Å²) < 4.78 is 0. The van der Waals surface area contributed by atoms with Crippen molar-refractivity contribution in [3.63, 3.8) is 0 Å². The summed E-state index contributed by atoms with van der Waals surface area (Å²) in [7, 11) is 0. The Hall–Kier alpha value is -1.80. The molecule has 1 rings (SSSR count). The van der Waals surface area contributed by atoms with Crippen molar-refractivity contribution in [3.8, 4) is 12.3 Å². The Morgan fingerprint density at radius 3 is 2.94 bits per heavy atom. The van der Waals surface area contributed by atoms with E-state index in [2.05, 4.69) is 16.2 Å². The van der Waals surface area contributed by atoms with Crippen LogP contribution in [-0.4, -0.2) is 15.9 Å². The quantitative estimate of drug-likeness (QED) is 0.379. The second kappa shape index (κ2) is 5.33. The van der Waals surface area contributed by atoms with Crippen molar-refractivity contribution in [2.24, 2.45) is 0 Å². The van der Waals surface area contributed by atoms with Crippen LogP contribution in [0.5, 0.6) is 0 Å². The van der Waals surface area contributed by atoms with Crippen molar-refractivity contribution in [3.05, 3.63) is 27.4 Å². The highest BCUT2D eigenvalue weighted by Gasteiger charge is 2.11. The lowest BCUT2D eigenvalue weighted by molar-refractivity contribution is -0.384. The summed E-state index contributed by atoms with van der Waals surface area (Å²) >= 11 is 5.66. The van der Waals surface area contributed by atoms with Gasteiger partial charge in [0, 0.05) is 0 Å². The van der Waals surface area contributed by atoms with Crippen LogP contribution >= 0.6 is 11.6 Å². The second-order valence-electron chi connectivity index (χ2n) is 3.06. The SMILES string of the molecule is C#CC(CC)Nc1cc([N+](=O)[O-])cc(Cl)n1. The Labute approximate surface area is 98.0 Å². The lowest BCUT2D eigenvalue weighted by Crippen LogP contribution is -2.16. The van der Waals surface area contributed by atoms with E-state index in [1.165, 1.54) is 12.1 Å². The van der Waals surface area contributed by atoms with Crippen molar-refractivity contribution in [2.75, 3.05) is 5.32 Å². The van der Waals surface area contributed by atoms with Crippen molar-refractivity contribution in [1.29, 1.82) is 0 Å². The molecule has 1 N–H and O–H groups in total. The number of nitro groups is 1. The molecular formula is C10H10ClN3O2. The van der Waals surface area contributed by atoms with Crippen LogP contribution in [0.1, 0.15) is 13.3 Å². The molecule has 5 nitrogen and oxygen atoms in total. The number of anilines is 1. The summed E-state index contributed by atoms with van der Waals surface area (Å²) in [5.41, 5.74) is -0.116. The molecule has 6 heteroatoms. The lowest BCUT2D eigenvalue weighted by atomic mass is 10.2.